The van der Waals surface area contributed by atoms with Gasteiger partial charge in [0.15, 0.2) is 11.6 Å². The van der Waals surface area contributed by atoms with Crippen LogP contribution in [0.15, 0.2) is 42.5 Å². The molecule has 2 aromatic carbocycles. The van der Waals surface area contributed by atoms with E-state index in [2.05, 4.69) is 4.90 Å². The Hall–Kier alpha value is -1.98. The molecule has 1 fully saturated rings. The molecule has 2 aromatic rings. The van der Waals surface area contributed by atoms with Crippen molar-refractivity contribution in [2.24, 2.45) is 0 Å². The first-order valence-corrected chi connectivity index (χ1v) is 8.04. The second-order valence-corrected chi connectivity index (χ2v) is 6.34. The fourth-order valence-corrected chi connectivity index (χ4v) is 3.20. The predicted octanol–water partition coefficient (Wildman–Crippen LogP) is 3.75. The van der Waals surface area contributed by atoms with Gasteiger partial charge in [-0.3, -0.25) is 4.79 Å². The smallest absolute Gasteiger partial charge is 0.256 e. The van der Waals surface area contributed by atoms with E-state index in [-0.39, 0.29) is 22.5 Å². The molecule has 1 amide bonds. The van der Waals surface area contributed by atoms with Crippen LogP contribution in [0.5, 0.6) is 0 Å². The lowest BCUT2D eigenvalue weighted by atomic mass is 10.0. The van der Waals surface area contributed by atoms with Crippen molar-refractivity contribution in [2.75, 3.05) is 26.7 Å². The second-order valence-electron chi connectivity index (χ2n) is 5.93. The number of amides is 1. The molecule has 126 valence electrons. The summed E-state index contributed by atoms with van der Waals surface area (Å²) in [7, 11) is 1.99. The lowest BCUT2D eigenvalue weighted by Gasteiger charge is -2.40. The Morgan fingerprint density at radius 3 is 2.50 bits per heavy atom. The SMILES string of the molecule is CN1CCN(C(=O)c2cc(F)c(F)cc2Cl)C(c2ccccc2)C1. The van der Waals surface area contributed by atoms with Crippen molar-refractivity contribution in [1.29, 1.82) is 0 Å². The number of benzene rings is 2. The molecular formula is C18H17ClF2N2O. The van der Waals surface area contributed by atoms with Crippen LogP contribution in [0.25, 0.3) is 0 Å². The Balaban J connectivity index is 1.96. The summed E-state index contributed by atoms with van der Waals surface area (Å²) in [5.74, 6) is -2.52. The van der Waals surface area contributed by atoms with Crippen LogP contribution < -0.4 is 0 Å². The van der Waals surface area contributed by atoms with Gasteiger partial charge in [-0.2, -0.15) is 0 Å². The average Bonchev–Trinajstić information content (AvgIpc) is 2.58. The highest BCUT2D eigenvalue weighted by Gasteiger charge is 2.32. The van der Waals surface area contributed by atoms with Crippen LogP contribution in [-0.2, 0) is 0 Å². The predicted molar refractivity (Wildman–Crippen MR) is 89.1 cm³/mol. The number of carbonyl (C=O) groups excluding carboxylic acids is 1. The maximum atomic E-state index is 13.6. The van der Waals surface area contributed by atoms with Gasteiger partial charge in [-0.15, -0.1) is 0 Å². The van der Waals surface area contributed by atoms with E-state index in [9.17, 15) is 13.6 Å². The Kier molecular flexibility index (Phi) is 4.83. The highest BCUT2D eigenvalue weighted by molar-refractivity contribution is 6.33. The molecule has 24 heavy (non-hydrogen) atoms. The van der Waals surface area contributed by atoms with E-state index in [1.165, 1.54) is 0 Å². The average molecular weight is 351 g/mol. The molecular weight excluding hydrogens is 334 g/mol. The van der Waals surface area contributed by atoms with E-state index < -0.39 is 11.6 Å². The molecule has 3 nitrogen and oxygen atoms in total. The van der Waals surface area contributed by atoms with Crippen molar-refractivity contribution in [1.82, 2.24) is 9.80 Å². The quantitative estimate of drug-likeness (QED) is 0.770. The molecule has 1 aliphatic rings. The molecule has 0 aliphatic carbocycles. The molecule has 1 atom stereocenters. The highest BCUT2D eigenvalue weighted by atomic mass is 35.5. The summed E-state index contributed by atoms with van der Waals surface area (Å²) < 4.78 is 26.8. The largest absolute Gasteiger partial charge is 0.329 e. The van der Waals surface area contributed by atoms with Gasteiger partial charge >= 0.3 is 0 Å². The number of rotatable bonds is 2. The normalized spacial score (nSPS) is 18.7. The third-order valence-electron chi connectivity index (χ3n) is 4.27. The molecule has 1 saturated heterocycles. The van der Waals surface area contributed by atoms with Crippen molar-refractivity contribution in [3.8, 4) is 0 Å². The number of nitrogens with zero attached hydrogens (tertiary/aromatic N) is 2. The van der Waals surface area contributed by atoms with Crippen molar-refractivity contribution in [3.63, 3.8) is 0 Å². The first kappa shape index (κ1) is 16.9. The molecule has 0 saturated carbocycles. The van der Waals surface area contributed by atoms with Crippen molar-refractivity contribution in [2.45, 2.75) is 6.04 Å². The van der Waals surface area contributed by atoms with E-state index in [4.69, 9.17) is 11.6 Å². The van der Waals surface area contributed by atoms with Gasteiger partial charge in [0, 0.05) is 19.6 Å². The van der Waals surface area contributed by atoms with Crippen molar-refractivity contribution in [3.05, 3.63) is 70.2 Å². The van der Waals surface area contributed by atoms with Gasteiger partial charge in [0.25, 0.3) is 5.91 Å². The Labute approximate surface area is 144 Å². The summed E-state index contributed by atoms with van der Waals surface area (Å²) in [4.78, 5) is 16.7. The fourth-order valence-electron chi connectivity index (χ4n) is 2.96. The monoisotopic (exact) mass is 350 g/mol. The van der Waals surface area contributed by atoms with E-state index in [0.29, 0.717) is 19.6 Å². The first-order chi connectivity index (χ1) is 11.5. The maximum absolute atomic E-state index is 13.6. The van der Waals surface area contributed by atoms with Crippen LogP contribution in [0.4, 0.5) is 8.78 Å². The second kappa shape index (κ2) is 6.87. The molecule has 1 unspecified atom stereocenters. The van der Waals surface area contributed by atoms with Gasteiger partial charge in [0.2, 0.25) is 0 Å². The van der Waals surface area contributed by atoms with Crippen LogP contribution in [0.2, 0.25) is 5.02 Å². The summed E-state index contributed by atoms with van der Waals surface area (Å²) in [5.41, 5.74) is 0.983. The Morgan fingerprint density at radius 1 is 1.12 bits per heavy atom. The summed E-state index contributed by atoms with van der Waals surface area (Å²) in [5, 5.41) is -0.0790. The third-order valence-corrected chi connectivity index (χ3v) is 4.58. The minimum absolute atomic E-state index is 0.0129. The number of carbonyl (C=O) groups is 1. The molecule has 1 aliphatic heterocycles. The number of likely N-dealkylation sites (N-methyl/N-ethyl adjacent to an activating group) is 1. The van der Waals surface area contributed by atoms with Crippen LogP contribution in [0.3, 0.4) is 0 Å². The highest BCUT2D eigenvalue weighted by Crippen LogP contribution is 2.29. The first-order valence-electron chi connectivity index (χ1n) is 7.66. The number of hydrogen-bond acceptors (Lipinski definition) is 2. The molecule has 1 heterocycles. The molecule has 0 aromatic heterocycles. The third kappa shape index (κ3) is 3.28. The summed E-state index contributed by atoms with van der Waals surface area (Å²) in [6.07, 6.45) is 0. The summed E-state index contributed by atoms with van der Waals surface area (Å²) >= 11 is 5.97. The van der Waals surface area contributed by atoms with Gasteiger partial charge in [-0.1, -0.05) is 41.9 Å². The van der Waals surface area contributed by atoms with E-state index in [1.54, 1.807) is 4.90 Å². The molecule has 3 rings (SSSR count). The Morgan fingerprint density at radius 2 is 1.79 bits per heavy atom. The molecule has 0 spiro atoms. The minimum Gasteiger partial charge on any atom is -0.329 e. The lowest BCUT2D eigenvalue weighted by molar-refractivity contribution is 0.0497. The standard InChI is InChI=1S/C18H17ClF2N2O/c1-22-7-8-23(17(11-22)12-5-3-2-4-6-12)18(24)13-9-15(20)16(21)10-14(13)19/h2-6,9-10,17H,7-8,11H2,1H3. The van der Waals surface area contributed by atoms with Crippen molar-refractivity contribution < 1.29 is 13.6 Å². The van der Waals surface area contributed by atoms with E-state index in [0.717, 1.165) is 17.7 Å². The Bertz CT molecular complexity index is 754. The van der Waals surface area contributed by atoms with Gasteiger partial charge in [0.05, 0.1) is 16.6 Å². The van der Waals surface area contributed by atoms with E-state index >= 15 is 0 Å². The van der Waals surface area contributed by atoms with Gasteiger partial charge in [-0.25, -0.2) is 8.78 Å². The number of halogens is 3. The zero-order valence-corrected chi connectivity index (χ0v) is 13.9. The number of piperazine rings is 1. The maximum Gasteiger partial charge on any atom is 0.256 e. The van der Waals surface area contributed by atoms with Crippen LogP contribution in [0, 0.1) is 11.6 Å². The molecule has 0 bridgehead atoms. The van der Waals surface area contributed by atoms with Gasteiger partial charge in [-0.05, 0) is 24.7 Å². The van der Waals surface area contributed by atoms with Crippen LogP contribution >= 0.6 is 11.6 Å². The van der Waals surface area contributed by atoms with Gasteiger partial charge in [0.1, 0.15) is 0 Å². The summed E-state index contributed by atoms with van der Waals surface area (Å²) in [6.45, 7) is 1.86. The van der Waals surface area contributed by atoms with Crippen LogP contribution in [0.1, 0.15) is 22.0 Å². The van der Waals surface area contributed by atoms with Crippen molar-refractivity contribution >= 4 is 17.5 Å². The zero-order chi connectivity index (χ0) is 17.3. The molecule has 6 heteroatoms. The fraction of sp³-hybridized carbons (Fsp3) is 0.278. The molecule has 0 radical (unpaired) electrons. The summed E-state index contributed by atoms with van der Waals surface area (Å²) in [6, 6.07) is 11.2. The topological polar surface area (TPSA) is 23.6 Å². The van der Waals surface area contributed by atoms with Crippen LogP contribution in [-0.4, -0.2) is 42.4 Å². The van der Waals surface area contributed by atoms with E-state index in [1.807, 2.05) is 37.4 Å². The minimum atomic E-state index is -1.08. The lowest BCUT2D eigenvalue weighted by Crippen LogP contribution is -2.49. The molecule has 0 N–H and O–H groups in total. The number of hydrogen-bond donors (Lipinski definition) is 0. The van der Waals surface area contributed by atoms with Gasteiger partial charge < -0.3 is 9.80 Å². The zero-order valence-electron chi connectivity index (χ0n) is 13.2.